The van der Waals surface area contributed by atoms with Crippen LogP contribution in [0, 0.1) is 0 Å². The first-order chi connectivity index (χ1) is 21.2. The third kappa shape index (κ3) is 9.93. The van der Waals surface area contributed by atoms with E-state index in [2.05, 4.69) is 4.74 Å². The number of unbranched alkanes of at least 4 members (excludes halogenated alkanes) is 3. The molecule has 49 heavy (non-hydrogen) atoms. The van der Waals surface area contributed by atoms with Gasteiger partial charge in [-0.05, 0) is 24.6 Å². The van der Waals surface area contributed by atoms with Gasteiger partial charge in [0.2, 0.25) is 0 Å². The molecule has 0 aliphatic carbocycles. The average molecular weight is 909 g/mol. The summed E-state index contributed by atoms with van der Waals surface area (Å²) < 4.78 is 286. The minimum Gasteiger partial charge on any atom is -0.381 e. The van der Waals surface area contributed by atoms with Crippen LogP contribution in [-0.2, 0) is 4.74 Å². The van der Waals surface area contributed by atoms with E-state index in [4.69, 9.17) is 55.4 Å². The lowest BCUT2D eigenvalue weighted by Gasteiger charge is -2.44. The van der Waals surface area contributed by atoms with Crippen molar-refractivity contribution in [2.24, 2.45) is 0 Å². The lowest BCUT2D eigenvalue weighted by atomic mass is 9.86. The zero-order valence-corrected chi connectivity index (χ0v) is 29.1. The summed E-state index contributed by atoms with van der Waals surface area (Å²) in [5.41, 5.74) is 0. The van der Waals surface area contributed by atoms with Crippen LogP contribution >= 0.6 is 55.4 Å². The average Bonchev–Trinajstić information content (AvgIpc) is 2.89. The number of halogens is 26. The van der Waals surface area contributed by atoms with Crippen LogP contribution in [0.1, 0.15) is 32.1 Å². The topological polar surface area (TPSA) is 9.23 Å². The molecule has 0 N–H and O–H groups in total. The molecule has 0 aliphatic rings. The Balaban J connectivity index is 5.69. The molecule has 0 aromatic heterocycles. The molecule has 0 saturated heterocycles. The molecule has 0 rings (SSSR count). The van der Waals surface area contributed by atoms with Gasteiger partial charge in [0.25, 0.3) is 6.69 Å². The molecular formula is C20H20Cl5F21OSi2. The second-order valence-electron chi connectivity index (χ2n) is 10.3. The van der Waals surface area contributed by atoms with Gasteiger partial charge in [0.1, 0.15) is 0 Å². The maximum absolute atomic E-state index is 13.9. The largest absolute Gasteiger partial charge is 0.460 e. The van der Waals surface area contributed by atoms with Crippen molar-refractivity contribution in [2.75, 3.05) is 13.2 Å². The fraction of sp³-hybridized carbons (Fsp3) is 1.00. The second-order valence-corrected chi connectivity index (χ2v) is 27.2. The van der Waals surface area contributed by atoms with Crippen molar-refractivity contribution in [3.8, 4) is 0 Å². The molecule has 0 aromatic carbocycles. The van der Waals surface area contributed by atoms with Crippen molar-refractivity contribution in [3.63, 3.8) is 0 Å². The molecule has 0 unspecified atom stereocenters. The molecule has 0 saturated carbocycles. The van der Waals surface area contributed by atoms with Gasteiger partial charge in [-0.25, -0.2) is 0 Å². The molecule has 0 heterocycles. The summed E-state index contributed by atoms with van der Waals surface area (Å²) in [6, 6.07) is -2.33. The highest BCUT2D eigenvalue weighted by atomic mass is 35.8. The highest BCUT2D eigenvalue weighted by Gasteiger charge is 2.97. The van der Waals surface area contributed by atoms with Crippen molar-refractivity contribution in [1.82, 2.24) is 0 Å². The molecule has 296 valence electrons. The van der Waals surface area contributed by atoms with Crippen LogP contribution < -0.4 is 0 Å². The molecular weight excluding hydrogens is 889 g/mol. The number of hydrogen-bond acceptors (Lipinski definition) is 1. The minimum atomic E-state index is -9.19. The first kappa shape index (κ1) is 49.4. The van der Waals surface area contributed by atoms with E-state index in [1.54, 1.807) is 0 Å². The summed E-state index contributed by atoms with van der Waals surface area (Å²) in [6.45, 7) is -5.22. The lowest BCUT2D eigenvalue weighted by molar-refractivity contribution is -0.474. The molecule has 0 aromatic rings. The molecule has 0 aliphatic heterocycles. The standard InChI is InChI=1S/C20H20Cl5F21OSi2/c21-48(22,9-10-49(23,24)25)8-4-2-1-3-6-47-7-5-11(26,27)12(28,29)13(30,31)14(32,33)15(34,35)16(36,37)17(38,39)18(40,41)19(42,43)20(44,45)46/h1-10H2. The Morgan fingerprint density at radius 1 is 0.367 bits per heavy atom. The molecule has 0 spiro atoms. The molecule has 0 amide bonds. The Hall–Kier alpha value is 0.374. The molecule has 0 bridgehead atoms. The third-order valence-corrected chi connectivity index (χ3v) is 13.8. The van der Waals surface area contributed by atoms with E-state index in [1.807, 2.05) is 0 Å². The maximum atomic E-state index is 13.9. The van der Waals surface area contributed by atoms with Gasteiger partial charge < -0.3 is 4.74 Å². The van der Waals surface area contributed by atoms with Crippen LogP contribution in [0.15, 0.2) is 0 Å². The Bertz CT molecular complexity index is 1080. The molecule has 0 radical (unpaired) electrons. The van der Waals surface area contributed by atoms with Gasteiger partial charge in [-0.2, -0.15) is 92.2 Å². The second kappa shape index (κ2) is 15.6. The Kier molecular flexibility index (Phi) is 15.7. The SMILES string of the molecule is FC(F)(F)C(F)(F)C(F)(F)C(F)(F)C(F)(F)C(F)(F)C(F)(F)C(F)(F)C(F)(F)C(F)(F)CCOCCCCCC[Si](Cl)(Cl)CC[Si](Cl)(Cl)Cl. The predicted molar refractivity (Wildman–Crippen MR) is 140 cm³/mol. The van der Waals surface area contributed by atoms with Gasteiger partial charge in [0, 0.05) is 13.0 Å². The van der Waals surface area contributed by atoms with Gasteiger partial charge in [-0.3, -0.25) is 0 Å². The van der Waals surface area contributed by atoms with Crippen LogP contribution in [0.4, 0.5) is 92.2 Å². The van der Waals surface area contributed by atoms with Crippen molar-refractivity contribution in [1.29, 1.82) is 0 Å². The van der Waals surface area contributed by atoms with Gasteiger partial charge >= 0.3 is 65.5 Å². The molecule has 1 nitrogen and oxygen atoms in total. The van der Waals surface area contributed by atoms with E-state index in [1.165, 1.54) is 0 Å². The zero-order valence-electron chi connectivity index (χ0n) is 23.3. The normalized spacial score (nSPS) is 16.0. The quantitative estimate of drug-likeness (QED) is 0.0483. The van der Waals surface area contributed by atoms with E-state index in [9.17, 15) is 92.2 Å². The van der Waals surface area contributed by atoms with Crippen LogP contribution in [0.25, 0.3) is 0 Å². The fourth-order valence-electron chi connectivity index (χ4n) is 3.44. The van der Waals surface area contributed by atoms with Gasteiger partial charge in [0.15, 0.2) is 0 Å². The van der Waals surface area contributed by atoms with Crippen molar-refractivity contribution >= 4 is 68.1 Å². The van der Waals surface area contributed by atoms with Crippen molar-refractivity contribution in [2.45, 2.75) is 110 Å². The first-order valence-electron chi connectivity index (χ1n) is 12.7. The van der Waals surface area contributed by atoms with Crippen molar-refractivity contribution < 1.29 is 96.9 Å². The monoisotopic (exact) mass is 906 g/mol. The first-order valence-corrected chi connectivity index (χ1v) is 22.3. The minimum absolute atomic E-state index is 0.0794. The van der Waals surface area contributed by atoms with Gasteiger partial charge in [-0.15, -0.1) is 55.4 Å². The zero-order chi connectivity index (χ0) is 39.8. The highest BCUT2D eigenvalue weighted by molar-refractivity contribution is 7.65. The maximum Gasteiger partial charge on any atom is 0.460 e. The Labute approximate surface area is 287 Å². The summed E-state index contributed by atoms with van der Waals surface area (Å²) in [6.07, 6.45) is -10.0. The lowest BCUT2D eigenvalue weighted by Crippen LogP contribution is -2.76. The van der Waals surface area contributed by atoms with Gasteiger partial charge in [0.05, 0.1) is 6.61 Å². The van der Waals surface area contributed by atoms with E-state index < -0.39 is 91.8 Å². The molecule has 29 heteroatoms. The number of rotatable bonds is 21. The third-order valence-electron chi connectivity index (χ3n) is 6.49. The summed E-state index contributed by atoms with van der Waals surface area (Å²) in [5.74, 6) is -77.0. The van der Waals surface area contributed by atoms with Crippen molar-refractivity contribution in [3.05, 3.63) is 0 Å². The summed E-state index contributed by atoms with van der Waals surface area (Å²) >= 11 is 29.5. The van der Waals surface area contributed by atoms with E-state index in [0.717, 1.165) is 0 Å². The Morgan fingerprint density at radius 3 is 1.08 bits per heavy atom. The fourth-order valence-corrected chi connectivity index (χ4v) is 12.1. The summed E-state index contributed by atoms with van der Waals surface area (Å²) in [4.78, 5) is 0. The van der Waals surface area contributed by atoms with E-state index >= 15 is 0 Å². The van der Waals surface area contributed by atoms with Gasteiger partial charge in [-0.1, -0.05) is 19.3 Å². The number of hydrogen-bond donors (Lipinski definition) is 0. The van der Waals surface area contributed by atoms with E-state index in [0.29, 0.717) is 12.8 Å². The molecule has 0 atom stereocenters. The van der Waals surface area contributed by atoms with Crippen LogP contribution in [0.5, 0.6) is 0 Å². The highest BCUT2D eigenvalue weighted by Crippen LogP contribution is 2.66. The van der Waals surface area contributed by atoms with E-state index in [-0.39, 0.29) is 31.0 Å². The number of alkyl halides is 21. The smallest absolute Gasteiger partial charge is 0.381 e. The van der Waals surface area contributed by atoms with Crippen LogP contribution in [0.3, 0.4) is 0 Å². The summed E-state index contributed by atoms with van der Waals surface area (Å²) in [5, 5.41) is 0. The predicted octanol–water partition coefficient (Wildman–Crippen LogP) is 12.8. The number of ether oxygens (including phenoxy) is 1. The summed E-state index contributed by atoms with van der Waals surface area (Å²) in [7, 11) is 0. The van der Waals surface area contributed by atoms with Crippen LogP contribution in [0.2, 0.25) is 18.1 Å². The molecule has 0 fully saturated rings. The van der Waals surface area contributed by atoms with Crippen LogP contribution in [-0.4, -0.2) is 85.4 Å². The Morgan fingerprint density at radius 2 is 0.714 bits per heavy atom.